The molecule has 0 fully saturated rings. The van der Waals surface area contributed by atoms with E-state index in [9.17, 15) is 4.79 Å². The molecule has 0 aliphatic heterocycles. The fourth-order valence-corrected chi connectivity index (χ4v) is 4.94. The second-order valence-corrected chi connectivity index (χ2v) is 9.06. The maximum absolute atomic E-state index is 13.0. The summed E-state index contributed by atoms with van der Waals surface area (Å²) in [6.45, 7) is 2.36. The first-order valence-electron chi connectivity index (χ1n) is 9.92. The van der Waals surface area contributed by atoms with Gasteiger partial charge in [0.25, 0.3) is 5.91 Å². The molecule has 0 atom stereocenters. The molecular formula is C25H22N2O2S2. The first-order valence-corrected chi connectivity index (χ1v) is 11.7. The van der Waals surface area contributed by atoms with Gasteiger partial charge in [0.15, 0.2) is 0 Å². The van der Waals surface area contributed by atoms with Crippen molar-refractivity contribution in [2.45, 2.75) is 33.9 Å². The molecule has 0 aliphatic rings. The van der Waals surface area contributed by atoms with Crippen LogP contribution in [0.1, 0.15) is 27.4 Å². The van der Waals surface area contributed by atoms with Crippen LogP contribution >= 0.6 is 23.5 Å². The molecule has 3 aromatic carbocycles. The van der Waals surface area contributed by atoms with E-state index >= 15 is 0 Å². The molecule has 31 heavy (non-hydrogen) atoms. The lowest BCUT2D eigenvalue weighted by Crippen LogP contribution is -2.23. The molecule has 0 spiro atoms. The Bertz CT molecular complexity index is 1160. The maximum atomic E-state index is 13.0. The average Bonchev–Trinajstić information content (AvgIpc) is 3.23. The molecule has 1 amide bonds. The Labute approximate surface area is 190 Å². The molecule has 0 radical (unpaired) electrons. The van der Waals surface area contributed by atoms with Crippen LogP contribution in [0.4, 0.5) is 0 Å². The zero-order chi connectivity index (χ0) is 21.5. The van der Waals surface area contributed by atoms with E-state index in [0.717, 1.165) is 26.8 Å². The van der Waals surface area contributed by atoms with E-state index in [0.29, 0.717) is 17.9 Å². The standard InChI is InChI=1S/C25H22N2O2S2/c1-18-15-20(29-27-18)17-30-24-14-8-6-12-22(24)25(28)26-16-19-9-5-7-13-23(19)31-21-10-3-2-4-11-21/h2-15H,16-17H2,1H3,(H,26,28). The number of carbonyl (C=O) groups excluding carboxylic acids is 1. The first-order chi connectivity index (χ1) is 15.2. The third kappa shape index (κ3) is 5.81. The molecule has 4 aromatic rings. The third-order valence-electron chi connectivity index (χ3n) is 4.56. The Morgan fingerprint density at radius 3 is 2.42 bits per heavy atom. The molecule has 0 saturated heterocycles. The third-order valence-corrected chi connectivity index (χ3v) is 6.78. The minimum atomic E-state index is -0.0867. The summed E-state index contributed by atoms with van der Waals surface area (Å²) < 4.78 is 5.28. The monoisotopic (exact) mass is 446 g/mol. The SMILES string of the molecule is Cc1cc(CSc2ccccc2C(=O)NCc2ccccc2Sc2ccccc2)on1. The van der Waals surface area contributed by atoms with Gasteiger partial charge in [-0.05, 0) is 42.8 Å². The van der Waals surface area contributed by atoms with Gasteiger partial charge in [-0.3, -0.25) is 4.79 Å². The van der Waals surface area contributed by atoms with Gasteiger partial charge in [0.05, 0.1) is 17.0 Å². The summed E-state index contributed by atoms with van der Waals surface area (Å²) in [5.74, 6) is 1.34. The number of amides is 1. The van der Waals surface area contributed by atoms with Crippen molar-refractivity contribution in [2.75, 3.05) is 0 Å². The van der Waals surface area contributed by atoms with Gasteiger partial charge in [0.1, 0.15) is 5.76 Å². The molecule has 6 heteroatoms. The Balaban J connectivity index is 1.43. The average molecular weight is 447 g/mol. The molecule has 0 bridgehead atoms. The van der Waals surface area contributed by atoms with Gasteiger partial charge in [-0.25, -0.2) is 0 Å². The van der Waals surface area contributed by atoms with Crippen LogP contribution in [0.2, 0.25) is 0 Å². The first kappa shape index (κ1) is 21.3. The number of carbonyl (C=O) groups is 1. The number of thioether (sulfide) groups is 1. The molecule has 1 heterocycles. The van der Waals surface area contributed by atoms with E-state index in [1.807, 2.05) is 67.6 Å². The number of hydrogen-bond donors (Lipinski definition) is 1. The van der Waals surface area contributed by atoms with E-state index in [1.54, 1.807) is 23.5 Å². The molecule has 1 aromatic heterocycles. The van der Waals surface area contributed by atoms with E-state index in [-0.39, 0.29) is 5.91 Å². The van der Waals surface area contributed by atoms with Crippen molar-refractivity contribution in [3.05, 3.63) is 108 Å². The van der Waals surface area contributed by atoms with E-state index in [4.69, 9.17) is 4.52 Å². The Morgan fingerprint density at radius 1 is 0.935 bits per heavy atom. The van der Waals surface area contributed by atoms with Crippen LogP contribution in [0.5, 0.6) is 0 Å². The van der Waals surface area contributed by atoms with Crippen molar-refractivity contribution in [1.82, 2.24) is 10.5 Å². The van der Waals surface area contributed by atoms with Crippen LogP contribution in [-0.2, 0) is 12.3 Å². The van der Waals surface area contributed by atoms with Gasteiger partial charge in [0, 0.05) is 27.3 Å². The fourth-order valence-electron chi connectivity index (χ4n) is 3.05. The zero-order valence-electron chi connectivity index (χ0n) is 17.1. The van der Waals surface area contributed by atoms with E-state index < -0.39 is 0 Å². The Kier molecular flexibility index (Phi) is 7.12. The van der Waals surface area contributed by atoms with Crippen molar-refractivity contribution < 1.29 is 9.32 Å². The molecule has 0 unspecified atom stereocenters. The summed E-state index contributed by atoms with van der Waals surface area (Å²) in [6, 6.07) is 28.0. The van der Waals surface area contributed by atoms with Crippen LogP contribution in [0.3, 0.4) is 0 Å². The van der Waals surface area contributed by atoms with Crippen molar-refractivity contribution in [1.29, 1.82) is 0 Å². The number of aromatic nitrogens is 1. The van der Waals surface area contributed by atoms with Crippen molar-refractivity contribution in [3.63, 3.8) is 0 Å². The lowest BCUT2D eigenvalue weighted by atomic mass is 10.2. The smallest absolute Gasteiger partial charge is 0.252 e. The fraction of sp³-hybridized carbons (Fsp3) is 0.120. The Morgan fingerprint density at radius 2 is 1.65 bits per heavy atom. The number of nitrogens with one attached hydrogen (secondary N) is 1. The zero-order valence-corrected chi connectivity index (χ0v) is 18.7. The largest absolute Gasteiger partial charge is 0.360 e. The highest BCUT2D eigenvalue weighted by Crippen LogP contribution is 2.30. The van der Waals surface area contributed by atoms with Crippen molar-refractivity contribution >= 4 is 29.4 Å². The second-order valence-electron chi connectivity index (χ2n) is 6.92. The normalized spacial score (nSPS) is 10.7. The number of hydrogen-bond acceptors (Lipinski definition) is 5. The van der Waals surface area contributed by atoms with Crippen LogP contribution in [-0.4, -0.2) is 11.1 Å². The maximum Gasteiger partial charge on any atom is 0.252 e. The van der Waals surface area contributed by atoms with Crippen LogP contribution < -0.4 is 5.32 Å². The summed E-state index contributed by atoms with van der Waals surface area (Å²) in [5.41, 5.74) is 2.61. The molecule has 0 aliphatic carbocycles. The highest BCUT2D eigenvalue weighted by atomic mass is 32.2. The topological polar surface area (TPSA) is 55.1 Å². The number of rotatable bonds is 8. The minimum absolute atomic E-state index is 0.0867. The summed E-state index contributed by atoms with van der Waals surface area (Å²) in [5, 5.41) is 7.00. The highest BCUT2D eigenvalue weighted by Gasteiger charge is 2.13. The number of aryl methyl sites for hydroxylation is 1. The van der Waals surface area contributed by atoms with Gasteiger partial charge in [-0.15, -0.1) is 11.8 Å². The lowest BCUT2D eigenvalue weighted by molar-refractivity contribution is 0.0947. The highest BCUT2D eigenvalue weighted by molar-refractivity contribution is 7.99. The number of nitrogens with zero attached hydrogens (tertiary/aromatic N) is 1. The van der Waals surface area contributed by atoms with Crippen LogP contribution in [0, 0.1) is 6.92 Å². The molecular weight excluding hydrogens is 424 g/mol. The summed E-state index contributed by atoms with van der Waals surface area (Å²) in [6.07, 6.45) is 0. The Hall–Kier alpha value is -2.96. The van der Waals surface area contributed by atoms with E-state index in [2.05, 4.69) is 34.7 Å². The van der Waals surface area contributed by atoms with Gasteiger partial charge in [0.2, 0.25) is 0 Å². The van der Waals surface area contributed by atoms with Crippen LogP contribution in [0.15, 0.2) is 104 Å². The van der Waals surface area contributed by atoms with Crippen molar-refractivity contribution in [3.8, 4) is 0 Å². The second kappa shape index (κ2) is 10.4. The van der Waals surface area contributed by atoms with Gasteiger partial charge in [-0.2, -0.15) is 0 Å². The molecule has 156 valence electrons. The van der Waals surface area contributed by atoms with E-state index in [1.165, 1.54) is 4.90 Å². The molecule has 1 N–H and O–H groups in total. The summed E-state index contributed by atoms with van der Waals surface area (Å²) in [4.78, 5) is 16.2. The summed E-state index contributed by atoms with van der Waals surface area (Å²) >= 11 is 3.27. The minimum Gasteiger partial charge on any atom is -0.360 e. The quantitative estimate of drug-likeness (QED) is 0.319. The molecule has 0 saturated carbocycles. The van der Waals surface area contributed by atoms with Gasteiger partial charge in [-0.1, -0.05) is 65.4 Å². The predicted molar refractivity (Wildman–Crippen MR) is 125 cm³/mol. The lowest BCUT2D eigenvalue weighted by Gasteiger charge is -2.12. The van der Waals surface area contributed by atoms with Gasteiger partial charge < -0.3 is 9.84 Å². The summed E-state index contributed by atoms with van der Waals surface area (Å²) in [7, 11) is 0. The molecule has 4 nitrogen and oxygen atoms in total. The van der Waals surface area contributed by atoms with Crippen molar-refractivity contribution in [2.24, 2.45) is 0 Å². The number of benzene rings is 3. The van der Waals surface area contributed by atoms with Gasteiger partial charge >= 0.3 is 0 Å². The predicted octanol–water partition coefficient (Wildman–Crippen LogP) is 6.36. The molecule has 4 rings (SSSR count). The van der Waals surface area contributed by atoms with Crippen LogP contribution in [0.25, 0.3) is 0 Å².